The van der Waals surface area contributed by atoms with E-state index in [1.807, 2.05) is 7.05 Å². The number of ketones is 1. The summed E-state index contributed by atoms with van der Waals surface area (Å²) in [6.45, 7) is 6.60. The van der Waals surface area contributed by atoms with Gasteiger partial charge >= 0.3 is 0 Å². The van der Waals surface area contributed by atoms with Crippen LogP contribution < -0.4 is 5.32 Å². The second-order valence-corrected chi connectivity index (χ2v) is 4.53. The Balaban J connectivity index is 2.59. The lowest BCUT2D eigenvalue weighted by Gasteiger charge is -2.21. The van der Waals surface area contributed by atoms with E-state index in [1.165, 1.54) is 0 Å². The highest BCUT2D eigenvalue weighted by Crippen LogP contribution is 2.32. The second kappa shape index (κ2) is 4.23. The Morgan fingerprint density at radius 1 is 1.31 bits per heavy atom. The van der Waals surface area contributed by atoms with Gasteiger partial charge in [-0.1, -0.05) is 20.8 Å². The molecular formula is C11H21NO. The van der Waals surface area contributed by atoms with E-state index in [0.29, 0.717) is 23.5 Å². The minimum absolute atomic E-state index is 0.131. The lowest BCUT2D eigenvalue weighted by atomic mass is 9.83. The number of carbonyl (C=O) groups excluding carboxylic acids is 1. The minimum atomic E-state index is 0.131. The summed E-state index contributed by atoms with van der Waals surface area (Å²) >= 11 is 0. The summed E-state index contributed by atoms with van der Waals surface area (Å²) in [5, 5.41) is 3.09. The second-order valence-electron chi connectivity index (χ2n) is 4.53. The van der Waals surface area contributed by atoms with E-state index in [-0.39, 0.29) is 6.04 Å². The van der Waals surface area contributed by atoms with Crippen molar-refractivity contribution in [3.05, 3.63) is 0 Å². The normalized spacial score (nSPS) is 31.3. The van der Waals surface area contributed by atoms with Gasteiger partial charge in [0.2, 0.25) is 0 Å². The van der Waals surface area contributed by atoms with Crippen LogP contribution in [-0.2, 0) is 4.79 Å². The highest BCUT2D eigenvalue weighted by atomic mass is 16.1. The van der Waals surface area contributed by atoms with Crippen LogP contribution in [-0.4, -0.2) is 18.9 Å². The van der Waals surface area contributed by atoms with Gasteiger partial charge in [0.15, 0.2) is 5.78 Å². The predicted octanol–water partition coefficient (Wildman–Crippen LogP) is 1.85. The summed E-state index contributed by atoms with van der Waals surface area (Å²) in [6.07, 6.45) is 2.10. The molecule has 0 aromatic heterocycles. The van der Waals surface area contributed by atoms with Gasteiger partial charge in [0, 0.05) is 5.92 Å². The molecule has 3 atom stereocenters. The maximum absolute atomic E-state index is 11.8. The van der Waals surface area contributed by atoms with Gasteiger partial charge in [-0.05, 0) is 31.7 Å². The molecule has 1 aliphatic carbocycles. The zero-order chi connectivity index (χ0) is 10.0. The van der Waals surface area contributed by atoms with Gasteiger partial charge in [-0.25, -0.2) is 0 Å². The lowest BCUT2D eigenvalue weighted by Crippen LogP contribution is -2.33. The first-order valence-corrected chi connectivity index (χ1v) is 5.29. The predicted molar refractivity (Wildman–Crippen MR) is 54.6 cm³/mol. The maximum atomic E-state index is 11.8. The van der Waals surface area contributed by atoms with Gasteiger partial charge in [-0.2, -0.15) is 0 Å². The molecule has 76 valence electrons. The van der Waals surface area contributed by atoms with Gasteiger partial charge < -0.3 is 5.32 Å². The third kappa shape index (κ3) is 2.11. The van der Waals surface area contributed by atoms with Crippen molar-refractivity contribution in [2.75, 3.05) is 7.05 Å². The Morgan fingerprint density at radius 3 is 2.31 bits per heavy atom. The van der Waals surface area contributed by atoms with E-state index in [2.05, 4.69) is 26.1 Å². The Kier molecular flexibility index (Phi) is 3.48. The first-order valence-electron chi connectivity index (χ1n) is 5.29. The van der Waals surface area contributed by atoms with Crippen molar-refractivity contribution >= 4 is 5.78 Å². The maximum Gasteiger partial charge on any atom is 0.153 e. The van der Waals surface area contributed by atoms with Crippen LogP contribution in [0.25, 0.3) is 0 Å². The molecule has 0 aromatic carbocycles. The van der Waals surface area contributed by atoms with Gasteiger partial charge in [-0.3, -0.25) is 4.79 Å². The molecule has 0 saturated heterocycles. The van der Waals surface area contributed by atoms with E-state index in [1.54, 1.807) is 0 Å². The molecule has 2 heteroatoms. The molecule has 1 fully saturated rings. The monoisotopic (exact) mass is 183 g/mol. The molecule has 13 heavy (non-hydrogen) atoms. The van der Waals surface area contributed by atoms with Gasteiger partial charge in [0.1, 0.15) is 0 Å². The fourth-order valence-electron chi connectivity index (χ4n) is 2.16. The topological polar surface area (TPSA) is 29.1 Å². The van der Waals surface area contributed by atoms with E-state index >= 15 is 0 Å². The summed E-state index contributed by atoms with van der Waals surface area (Å²) < 4.78 is 0. The van der Waals surface area contributed by atoms with Crippen LogP contribution in [0.5, 0.6) is 0 Å². The van der Waals surface area contributed by atoms with E-state index in [0.717, 1.165) is 12.8 Å². The van der Waals surface area contributed by atoms with Crippen LogP contribution in [0.4, 0.5) is 0 Å². The highest BCUT2D eigenvalue weighted by Gasteiger charge is 2.37. The van der Waals surface area contributed by atoms with E-state index in [9.17, 15) is 4.79 Å². The Labute approximate surface area is 81.1 Å². The Morgan fingerprint density at radius 2 is 1.92 bits per heavy atom. The molecule has 0 heterocycles. The molecule has 2 nitrogen and oxygen atoms in total. The van der Waals surface area contributed by atoms with Crippen LogP contribution in [0.1, 0.15) is 33.6 Å². The van der Waals surface area contributed by atoms with Crippen molar-refractivity contribution in [2.45, 2.75) is 39.7 Å². The number of Topliss-reactive ketones (excluding diaryl/α,β-unsaturated/α-hetero) is 1. The van der Waals surface area contributed by atoms with Crippen LogP contribution in [0, 0.1) is 17.8 Å². The van der Waals surface area contributed by atoms with Crippen LogP contribution >= 0.6 is 0 Å². The zero-order valence-electron chi connectivity index (χ0n) is 9.13. The Bertz CT molecular complexity index is 189. The molecule has 0 aromatic rings. The van der Waals surface area contributed by atoms with Gasteiger partial charge in [0.05, 0.1) is 6.04 Å². The fourth-order valence-corrected chi connectivity index (χ4v) is 2.16. The van der Waals surface area contributed by atoms with E-state index in [4.69, 9.17) is 0 Å². The number of hydrogen-bond donors (Lipinski definition) is 1. The minimum Gasteiger partial charge on any atom is -0.311 e. The first-order chi connectivity index (χ1) is 6.07. The number of hydrogen-bond acceptors (Lipinski definition) is 2. The van der Waals surface area contributed by atoms with Crippen molar-refractivity contribution < 1.29 is 4.79 Å². The van der Waals surface area contributed by atoms with Crippen LogP contribution in [0.2, 0.25) is 0 Å². The summed E-state index contributed by atoms with van der Waals surface area (Å²) in [5.74, 6) is 1.89. The summed E-state index contributed by atoms with van der Waals surface area (Å²) in [5.41, 5.74) is 0. The molecular weight excluding hydrogens is 162 g/mol. The van der Waals surface area contributed by atoms with Crippen LogP contribution in [0.3, 0.4) is 0 Å². The molecule has 1 aliphatic rings. The molecule has 0 bridgehead atoms. The van der Waals surface area contributed by atoms with Crippen molar-refractivity contribution in [3.8, 4) is 0 Å². The highest BCUT2D eigenvalue weighted by molar-refractivity contribution is 5.88. The van der Waals surface area contributed by atoms with E-state index < -0.39 is 0 Å². The molecule has 1 rings (SSSR count). The fraction of sp³-hybridized carbons (Fsp3) is 0.909. The van der Waals surface area contributed by atoms with Gasteiger partial charge in [-0.15, -0.1) is 0 Å². The molecule has 0 aliphatic heterocycles. The van der Waals surface area contributed by atoms with Crippen molar-refractivity contribution in [3.63, 3.8) is 0 Å². The average Bonchev–Trinajstić information content (AvgIpc) is 2.45. The van der Waals surface area contributed by atoms with Crippen molar-refractivity contribution in [2.24, 2.45) is 17.8 Å². The quantitative estimate of drug-likeness (QED) is 0.723. The largest absolute Gasteiger partial charge is 0.311 e. The molecule has 0 amide bonds. The molecule has 0 radical (unpaired) electrons. The number of carbonyl (C=O) groups is 1. The van der Waals surface area contributed by atoms with Crippen molar-refractivity contribution in [1.29, 1.82) is 0 Å². The first kappa shape index (κ1) is 10.7. The van der Waals surface area contributed by atoms with Crippen molar-refractivity contribution in [1.82, 2.24) is 5.32 Å². The molecule has 1 N–H and O–H groups in total. The van der Waals surface area contributed by atoms with Gasteiger partial charge in [0.25, 0.3) is 0 Å². The standard InChI is InChI=1S/C11H21NO/c1-7(2)8(3)9-5-6-10(12-4)11(9)13/h7-10,12H,5-6H2,1-4H3. The molecule has 0 spiro atoms. The average molecular weight is 183 g/mol. The third-order valence-corrected chi connectivity index (χ3v) is 3.51. The summed E-state index contributed by atoms with van der Waals surface area (Å²) in [7, 11) is 1.88. The SMILES string of the molecule is CNC1CCC(C(C)C(C)C)C1=O. The number of rotatable bonds is 3. The zero-order valence-corrected chi connectivity index (χ0v) is 9.13. The molecule has 3 unspecified atom stereocenters. The number of likely N-dealkylation sites (N-methyl/N-ethyl adjacent to an activating group) is 1. The third-order valence-electron chi connectivity index (χ3n) is 3.51. The summed E-state index contributed by atoms with van der Waals surface area (Å²) in [4.78, 5) is 11.8. The number of nitrogens with one attached hydrogen (secondary N) is 1. The van der Waals surface area contributed by atoms with Crippen LogP contribution in [0.15, 0.2) is 0 Å². The smallest absolute Gasteiger partial charge is 0.153 e. The summed E-state index contributed by atoms with van der Waals surface area (Å²) in [6, 6.07) is 0.131. The molecule has 1 saturated carbocycles. The lowest BCUT2D eigenvalue weighted by molar-refractivity contribution is -0.123. The Hall–Kier alpha value is -0.370.